The van der Waals surface area contributed by atoms with E-state index < -0.39 is 0 Å². The lowest BCUT2D eigenvalue weighted by molar-refractivity contribution is 0.0256. The molecule has 2 amide bonds. The van der Waals surface area contributed by atoms with E-state index in [4.69, 9.17) is 4.74 Å². The second-order valence-electron chi connectivity index (χ2n) is 6.94. The van der Waals surface area contributed by atoms with E-state index in [1.54, 1.807) is 6.07 Å². The average molecular weight is 349 g/mol. The second kappa shape index (κ2) is 9.15. The number of hydrogen-bond acceptors (Lipinski definition) is 3. The van der Waals surface area contributed by atoms with E-state index in [1.807, 2.05) is 11.0 Å². The minimum Gasteiger partial charge on any atom is -0.375 e. The summed E-state index contributed by atoms with van der Waals surface area (Å²) in [6.45, 7) is 5.51. The first kappa shape index (κ1) is 18.1. The molecule has 2 aliphatic rings. The van der Waals surface area contributed by atoms with Crippen LogP contribution in [0.1, 0.15) is 31.2 Å². The van der Waals surface area contributed by atoms with Crippen molar-refractivity contribution in [3.05, 3.63) is 35.6 Å². The highest BCUT2D eigenvalue weighted by atomic mass is 19.1. The van der Waals surface area contributed by atoms with Gasteiger partial charge in [0.15, 0.2) is 0 Å². The largest absolute Gasteiger partial charge is 0.375 e. The molecule has 2 aliphatic heterocycles. The van der Waals surface area contributed by atoms with E-state index in [-0.39, 0.29) is 18.0 Å². The third-order valence-corrected chi connectivity index (χ3v) is 4.88. The van der Waals surface area contributed by atoms with Crippen molar-refractivity contribution < 1.29 is 13.9 Å². The lowest BCUT2D eigenvalue weighted by Crippen LogP contribution is -2.46. The Kier molecular flexibility index (Phi) is 6.64. The highest BCUT2D eigenvalue weighted by molar-refractivity contribution is 5.74. The first-order valence-corrected chi connectivity index (χ1v) is 9.32. The van der Waals surface area contributed by atoms with Gasteiger partial charge in [0, 0.05) is 32.8 Å². The van der Waals surface area contributed by atoms with Gasteiger partial charge in [-0.3, -0.25) is 0 Å². The minimum absolute atomic E-state index is 0.0699. The predicted octanol–water partition coefficient (Wildman–Crippen LogP) is 2.61. The van der Waals surface area contributed by atoms with Crippen molar-refractivity contribution in [2.45, 2.75) is 38.3 Å². The smallest absolute Gasteiger partial charge is 0.317 e. The normalized spacial score (nSPS) is 22.4. The van der Waals surface area contributed by atoms with E-state index in [0.29, 0.717) is 26.2 Å². The topological polar surface area (TPSA) is 44.8 Å². The maximum absolute atomic E-state index is 13.2. The number of halogens is 1. The summed E-state index contributed by atoms with van der Waals surface area (Å²) in [5.41, 5.74) is 0.768. The van der Waals surface area contributed by atoms with Crippen molar-refractivity contribution >= 4 is 6.03 Å². The van der Waals surface area contributed by atoms with Crippen molar-refractivity contribution in [3.8, 4) is 0 Å². The van der Waals surface area contributed by atoms with Crippen LogP contribution in [0.15, 0.2) is 24.3 Å². The van der Waals surface area contributed by atoms with Gasteiger partial charge in [-0.1, -0.05) is 18.6 Å². The van der Waals surface area contributed by atoms with Gasteiger partial charge in [-0.15, -0.1) is 0 Å². The van der Waals surface area contributed by atoms with Crippen molar-refractivity contribution in [3.63, 3.8) is 0 Å². The fourth-order valence-corrected chi connectivity index (χ4v) is 3.56. The highest BCUT2D eigenvalue weighted by Crippen LogP contribution is 2.13. The molecule has 25 heavy (non-hydrogen) atoms. The number of urea groups is 1. The zero-order valence-electron chi connectivity index (χ0n) is 14.8. The Balaban J connectivity index is 1.50. The summed E-state index contributed by atoms with van der Waals surface area (Å²) in [5, 5.41) is 2.90. The van der Waals surface area contributed by atoms with Crippen LogP contribution >= 0.6 is 0 Å². The van der Waals surface area contributed by atoms with Gasteiger partial charge in [-0.05, 0) is 50.0 Å². The van der Waals surface area contributed by atoms with Gasteiger partial charge >= 0.3 is 6.03 Å². The van der Waals surface area contributed by atoms with Gasteiger partial charge in [-0.25, -0.2) is 9.18 Å². The third kappa shape index (κ3) is 5.68. The molecule has 2 heterocycles. The molecule has 6 heteroatoms. The molecule has 1 N–H and O–H groups in total. The van der Waals surface area contributed by atoms with Crippen LogP contribution in [0.4, 0.5) is 9.18 Å². The van der Waals surface area contributed by atoms with Crippen LogP contribution in [0.25, 0.3) is 0 Å². The Morgan fingerprint density at radius 2 is 2.04 bits per heavy atom. The summed E-state index contributed by atoms with van der Waals surface area (Å²) < 4.78 is 19.2. The number of nitrogens with one attached hydrogen (secondary N) is 1. The molecule has 0 bridgehead atoms. The highest BCUT2D eigenvalue weighted by Gasteiger charge is 2.24. The maximum atomic E-state index is 13.2. The standard InChI is InChI=1S/C19H28FN3O2/c20-17-7-4-6-16(12-17)13-21-19(24)23-10-5-11-25-18(15-23)14-22-8-2-1-3-9-22/h4,6-7,12,18H,1-3,5,8-11,13-15H2,(H,21,24). The van der Waals surface area contributed by atoms with Gasteiger partial charge in [-0.2, -0.15) is 0 Å². The quantitative estimate of drug-likeness (QED) is 0.909. The van der Waals surface area contributed by atoms with Crippen LogP contribution in [0.5, 0.6) is 0 Å². The number of hydrogen-bond donors (Lipinski definition) is 1. The number of amides is 2. The molecular weight excluding hydrogens is 321 g/mol. The number of piperidine rings is 1. The number of rotatable bonds is 4. The summed E-state index contributed by atoms with van der Waals surface area (Å²) in [5.74, 6) is -0.281. The number of likely N-dealkylation sites (tertiary alicyclic amines) is 1. The van der Waals surface area contributed by atoms with Crippen molar-refractivity contribution in [2.75, 3.05) is 39.3 Å². The fourth-order valence-electron chi connectivity index (χ4n) is 3.56. The van der Waals surface area contributed by atoms with Crippen LogP contribution in [-0.2, 0) is 11.3 Å². The van der Waals surface area contributed by atoms with Gasteiger partial charge in [0.25, 0.3) is 0 Å². The second-order valence-corrected chi connectivity index (χ2v) is 6.94. The Morgan fingerprint density at radius 3 is 2.84 bits per heavy atom. The zero-order valence-corrected chi connectivity index (χ0v) is 14.8. The zero-order chi connectivity index (χ0) is 17.5. The SMILES string of the molecule is O=C(NCc1cccc(F)c1)N1CCCOC(CN2CCCCC2)C1. The van der Waals surface area contributed by atoms with E-state index in [1.165, 1.54) is 31.4 Å². The summed E-state index contributed by atoms with van der Waals surface area (Å²) in [7, 11) is 0. The van der Waals surface area contributed by atoms with Gasteiger partial charge in [0.1, 0.15) is 5.82 Å². The lowest BCUT2D eigenvalue weighted by Gasteiger charge is -2.31. The molecule has 5 nitrogen and oxygen atoms in total. The van der Waals surface area contributed by atoms with Crippen LogP contribution in [0.2, 0.25) is 0 Å². The molecule has 1 atom stereocenters. The predicted molar refractivity (Wildman–Crippen MR) is 94.9 cm³/mol. The molecule has 1 aromatic rings. The Morgan fingerprint density at radius 1 is 1.20 bits per heavy atom. The van der Waals surface area contributed by atoms with Gasteiger partial charge < -0.3 is 19.9 Å². The van der Waals surface area contributed by atoms with Gasteiger partial charge in [0.05, 0.1) is 6.10 Å². The minimum atomic E-state index is -0.281. The lowest BCUT2D eigenvalue weighted by atomic mass is 10.1. The molecule has 0 aromatic heterocycles. The van der Waals surface area contributed by atoms with Crippen LogP contribution in [0, 0.1) is 5.82 Å². The molecular formula is C19H28FN3O2. The fraction of sp³-hybridized carbons (Fsp3) is 0.632. The molecule has 138 valence electrons. The summed E-state index contributed by atoms with van der Waals surface area (Å²) in [6.07, 6.45) is 4.75. The summed E-state index contributed by atoms with van der Waals surface area (Å²) >= 11 is 0. The van der Waals surface area contributed by atoms with Crippen molar-refractivity contribution in [2.24, 2.45) is 0 Å². The number of carbonyl (C=O) groups is 1. The molecule has 2 saturated heterocycles. The molecule has 1 aromatic carbocycles. The third-order valence-electron chi connectivity index (χ3n) is 4.88. The molecule has 0 radical (unpaired) electrons. The molecule has 0 spiro atoms. The average Bonchev–Trinajstić information content (AvgIpc) is 2.86. The molecule has 3 rings (SSSR count). The van der Waals surface area contributed by atoms with Gasteiger partial charge in [0.2, 0.25) is 0 Å². The molecule has 0 aliphatic carbocycles. The van der Waals surface area contributed by atoms with E-state index >= 15 is 0 Å². The first-order valence-electron chi connectivity index (χ1n) is 9.32. The molecule has 0 saturated carbocycles. The molecule has 1 unspecified atom stereocenters. The number of ether oxygens (including phenoxy) is 1. The van der Waals surface area contributed by atoms with Crippen LogP contribution < -0.4 is 5.32 Å². The Hall–Kier alpha value is -1.66. The van der Waals surface area contributed by atoms with Crippen molar-refractivity contribution in [1.29, 1.82) is 0 Å². The first-order chi connectivity index (χ1) is 12.2. The van der Waals surface area contributed by atoms with E-state index in [0.717, 1.165) is 31.6 Å². The number of benzene rings is 1. The Bertz CT molecular complexity index is 563. The number of nitrogens with zero attached hydrogens (tertiary/aromatic N) is 2. The van der Waals surface area contributed by atoms with Crippen molar-refractivity contribution in [1.82, 2.24) is 15.1 Å². The summed E-state index contributed by atoms with van der Waals surface area (Å²) in [6, 6.07) is 6.23. The summed E-state index contributed by atoms with van der Waals surface area (Å²) in [4.78, 5) is 16.8. The van der Waals surface area contributed by atoms with Crippen LogP contribution in [-0.4, -0.2) is 61.3 Å². The molecule has 2 fully saturated rings. The monoisotopic (exact) mass is 349 g/mol. The maximum Gasteiger partial charge on any atom is 0.317 e. The van der Waals surface area contributed by atoms with Crippen LogP contribution in [0.3, 0.4) is 0 Å². The van der Waals surface area contributed by atoms with E-state index in [2.05, 4.69) is 10.2 Å². The number of carbonyl (C=O) groups excluding carboxylic acids is 1. The van der Waals surface area contributed by atoms with E-state index in [9.17, 15) is 9.18 Å². The Labute approximate surface area is 149 Å².